The first-order chi connectivity index (χ1) is 22.3. The maximum absolute atomic E-state index is 5.51. The van der Waals surface area contributed by atoms with Gasteiger partial charge in [0.15, 0.2) is 0 Å². The van der Waals surface area contributed by atoms with E-state index in [1.54, 1.807) is 0 Å². The summed E-state index contributed by atoms with van der Waals surface area (Å²) in [7, 11) is 4.04. The topological polar surface area (TPSA) is 123 Å². The summed E-state index contributed by atoms with van der Waals surface area (Å²) >= 11 is 5.51. The quantitative estimate of drug-likeness (QED) is 0.0674. The molecule has 14 nitrogen and oxygen atoms in total. The highest BCUT2D eigenvalue weighted by Crippen LogP contribution is 1.88. The minimum absolute atomic E-state index is 0.497. The summed E-state index contributed by atoms with van der Waals surface area (Å²) in [6, 6.07) is 0. The summed E-state index contributed by atoms with van der Waals surface area (Å²) in [5.74, 6) is 0.497. The van der Waals surface area contributed by atoms with Gasteiger partial charge in [0.1, 0.15) is 0 Å². The molecule has 0 saturated heterocycles. The molecule has 0 amide bonds. The fraction of sp³-hybridized carbons (Fsp3) is 1.00. The molecule has 0 aromatic heterocycles. The molecule has 15 heteroatoms. The summed E-state index contributed by atoms with van der Waals surface area (Å²) < 4.78 is 70.6. The largest absolute Gasteiger partial charge is 0.378 e. The highest BCUT2D eigenvalue weighted by Gasteiger charge is 1.97. The molecular weight excluding hydrogens is 618 g/mol. The summed E-state index contributed by atoms with van der Waals surface area (Å²) in [4.78, 5) is 2.08. The van der Waals surface area contributed by atoms with Gasteiger partial charge in [-0.2, -0.15) is 0 Å². The predicted molar refractivity (Wildman–Crippen MR) is 170 cm³/mol. The summed E-state index contributed by atoms with van der Waals surface area (Å²) in [5.41, 5.74) is 0. The molecule has 0 fully saturated rings. The third-order valence-corrected chi connectivity index (χ3v) is 5.52. The van der Waals surface area contributed by atoms with Crippen molar-refractivity contribution < 1.29 is 61.6 Å². The van der Waals surface area contributed by atoms with Crippen molar-refractivity contribution in [3.8, 4) is 0 Å². The molecule has 0 atom stereocenters. The number of likely N-dealkylation sites (N-methyl/N-ethyl adjacent to an activating group) is 1. The highest BCUT2D eigenvalue weighted by molar-refractivity contribution is 6.17. The Morgan fingerprint density at radius 3 is 0.578 bits per heavy atom. The number of alkyl halides is 1. The van der Waals surface area contributed by atoms with Crippen molar-refractivity contribution in [3.05, 3.63) is 0 Å². The van der Waals surface area contributed by atoms with Gasteiger partial charge in [0.25, 0.3) is 0 Å². The molecule has 0 spiro atoms. The van der Waals surface area contributed by atoms with E-state index in [-0.39, 0.29) is 0 Å². The lowest BCUT2D eigenvalue weighted by atomic mass is 10.6. The number of nitrogens with zero attached hydrogens (tertiary/aromatic N) is 1. The van der Waals surface area contributed by atoms with Crippen LogP contribution in [0.2, 0.25) is 0 Å². The average molecular weight is 680 g/mol. The lowest BCUT2D eigenvalue weighted by molar-refractivity contribution is -0.0290. The molecule has 0 unspecified atom stereocenters. The second-order valence-electron chi connectivity index (χ2n) is 9.45. The van der Waals surface area contributed by atoms with Crippen LogP contribution >= 0.6 is 11.6 Å². The van der Waals surface area contributed by atoms with Crippen LogP contribution in [0.15, 0.2) is 0 Å². The van der Waals surface area contributed by atoms with Crippen LogP contribution in [0.5, 0.6) is 0 Å². The van der Waals surface area contributed by atoms with Crippen molar-refractivity contribution in [1.29, 1.82) is 0 Å². The van der Waals surface area contributed by atoms with Gasteiger partial charge in [0.05, 0.1) is 172 Å². The number of hydrogen-bond acceptors (Lipinski definition) is 14. The summed E-state index contributed by atoms with van der Waals surface area (Å²) in [6.07, 6.45) is 0. The zero-order chi connectivity index (χ0) is 32.6. The van der Waals surface area contributed by atoms with Crippen LogP contribution in [0.1, 0.15) is 0 Å². The molecule has 272 valence electrons. The Morgan fingerprint density at radius 2 is 0.422 bits per heavy atom. The molecule has 0 rings (SSSR count). The van der Waals surface area contributed by atoms with E-state index < -0.39 is 0 Å². The summed E-state index contributed by atoms with van der Waals surface area (Å²) in [6.45, 7) is 14.9. The van der Waals surface area contributed by atoms with Crippen molar-refractivity contribution in [3.63, 3.8) is 0 Å². The van der Waals surface area contributed by atoms with Crippen molar-refractivity contribution in [2.45, 2.75) is 0 Å². The van der Waals surface area contributed by atoms with E-state index in [1.807, 2.05) is 14.1 Å². The smallest absolute Gasteiger partial charge is 0.0701 e. The van der Waals surface area contributed by atoms with Gasteiger partial charge in [-0.1, -0.05) is 0 Å². The maximum atomic E-state index is 5.51. The molecule has 45 heavy (non-hydrogen) atoms. The lowest BCUT2D eigenvalue weighted by Crippen LogP contribution is -2.19. The van der Waals surface area contributed by atoms with Crippen LogP contribution in [0.4, 0.5) is 0 Å². The SMILES string of the molecule is CN(C)CCOCCOCCOCCOCCOCCOCCOCCOCCOCCOCCOCCOCCOCCCl. The van der Waals surface area contributed by atoms with Gasteiger partial charge in [-0.3, -0.25) is 0 Å². The molecule has 0 aliphatic rings. The standard InChI is InChI=1S/C30H62ClNO13/c1-32(2)4-6-34-8-10-36-12-14-38-16-18-40-20-22-42-24-26-44-28-30-45-29-27-43-25-23-41-21-19-39-17-15-37-13-11-35-9-7-33-5-3-31/h3-30H2,1-2H3. The molecule has 0 N–H and O–H groups in total. The number of rotatable bonds is 41. The molecule has 0 aliphatic heterocycles. The second kappa shape index (κ2) is 41.8. The molecule has 0 radical (unpaired) electrons. The van der Waals surface area contributed by atoms with E-state index in [1.165, 1.54) is 0 Å². The highest BCUT2D eigenvalue weighted by atomic mass is 35.5. The van der Waals surface area contributed by atoms with Crippen LogP contribution in [0.25, 0.3) is 0 Å². The van der Waals surface area contributed by atoms with Gasteiger partial charge < -0.3 is 66.5 Å². The first-order valence-corrected chi connectivity index (χ1v) is 16.5. The van der Waals surface area contributed by atoms with Crippen LogP contribution < -0.4 is 0 Å². The number of halogens is 1. The van der Waals surface area contributed by atoms with Crippen molar-refractivity contribution in [2.24, 2.45) is 0 Å². The van der Waals surface area contributed by atoms with Gasteiger partial charge in [0, 0.05) is 12.4 Å². The first kappa shape index (κ1) is 44.7. The normalized spacial score (nSPS) is 11.7. The fourth-order valence-corrected chi connectivity index (χ4v) is 3.15. The van der Waals surface area contributed by atoms with E-state index in [0.29, 0.717) is 178 Å². The van der Waals surface area contributed by atoms with Crippen LogP contribution in [-0.2, 0) is 61.6 Å². The Balaban J connectivity index is 3.04. The summed E-state index contributed by atoms with van der Waals surface area (Å²) in [5, 5.41) is 0. The lowest BCUT2D eigenvalue weighted by Gasteiger charge is -2.10. The van der Waals surface area contributed by atoms with Crippen molar-refractivity contribution in [1.82, 2.24) is 4.90 Å². The molecule has 0 aliphatic carbocycles. The minimum atomic E-state index is 0.497. The van der Waals surface area contributed by atoms with Gasteiger partial charge in [0.2, 0.25) is 0 Å². The third kappa shape index (κ3) is 43.7. The van der Waals surface area contributed by atoms with E-state index >= 15 is 0 Å². The van der Waals surface area contributed by atoms with Crippen LogP contribution in [0, 0.1) is 0 Å². The molecule has 0 aromatic carbocycles. The number of ether oxygens (including phenoxy) is 13. The maximum Gasteiger partial charge on any atom is 0.0701 e. The predicted octanol–water partition coefficient (Wildman–Crippen LogP) is 1.00. The molecule has 0 aromatic rings. The van der Waals surface area contributed by atoms with E-state index in [4.69, 9.17) is 73.2 Å². The zero-order valence-corrected chi connectivity index (χ0v) is 28.7. The Hall–Kier alpha value is -0.270. The van der Waals surface area contributed by atoms with Gasteiger partial charge in [-0.25, -0.2) is 0 Å². The van der Waals surface area contributed by atoms with E-state index in [9.17, 15) is 0 Å². The third-order valence-electron chi connectivity index (χ3n) is 5.37. The molecule has 0 bridgehead atoms. The van der Waals surface area contributed by atoms with Gasteiger partial charge >= 0.3 is 0 Å². The van der Waals surface area contributed by atoms with Crippen molar-refractivity contribution in [2.75, 3.05) is 198 Å². The van der Waals surface area contributed by atoms with E-state index in [0.717, 1.165) is 6.54 Å². The van der Waals surface area contributed by atoms with Crippen LogP contribution in [0.3, 0.4) is 0 Å². The molecule has 0 saturated carbocycles. The molecule has 0 heterocycles. The number of hydrogen-bond donors (Lipinski definition) is 0. The van der Waals surface area contributed by atoms with Crippen molar-refractivity contribution >= 4 is 11.6 Å². The fourth-order valence-electron chi connectivity index (χ4n) is 3.04. The first-order valence-electron chi connectivity index (χ1n) is 16.0. The van der Waals surface area contributed by atoms with Crippen LogP contribution in [-0.4, -0.2) is 203 Å². The average Bonchev–Trinajstić information content (AvgIpc) is 3.03. The Bertz CT molecular complexity index is 530. The van der Waals surface area contributed by atoms with E-state index in [2.05, 4.69) is 4.90 Å². The zero-order valence-electron chi connectivity index (χ0n) is 27.9. The molecular formula is C30H62ClNO13. The monoisotopic (exact) mass is 679 g/mol. The Morgan fingerprint density at radius 1 is 0.267 bits per heavy atom. The van der Waals surface area contributed by atoms with Gasteiger partial charge in [-0.05, 0) is 14.1 Å². The minimum Gasteiger partial charge on any atom is -0.378 e. The Labute approximate surface area is 276 Å². The second-order valence-corrected chi connectivity index (χ2v) is 9.83. The Kier molecular flexibility index (Phi) is 41.5. The van der Waals surface area contributed by atoms with Gasteiger partial charge in [-0.15, -0.1) is 11.6 Å².